The first-order valence-corrected chi connectivity index (χ1v) is 10.3. The first kappa shape index (κ1) is 19.6. The summed E-state index contributed by atoms with van der Waals surface area (Å²) >= 11 is 0. The fourth-order valence-electron chi connectivity index (χ4n) is 4.03. The molecule has 3 aromatic rings. The molecule has 1 saturated heterocycles. The summed E-state index contributed by atoms with van der Waals surface area (Å²) in [7, 11) is 0. The summed E-state index contributed by atoms with van der Waals surface area (Å²) in [6.45, 7) is 9.11. The molecule has 0 unspecified atom stereocenters. The van der Waals surface area contributed by atoms with Crippen LogP contribution in [0.25, 0.3) is 11.0 Å². The lowest BCUT2D eigenvalue weighted by Crippen LogP contribution is -2.36. The van der Waals surface area contributed by atoms with Crippen LogP contribution in [0, 0.1) is 13.8 Å². The summed E-state index contributed by atoms with van der Waals surface area (Å²) in [6, 6.07) is 14.2. The second kappa shape index (κ2) is 8.76. The quantitative estimate of drug-likeness (QED) is 0.700. The van der Waals surface area contributed by atoms with E-state index in [-0.39, 0.29) is 5.91 Å². The maximum absolute atomic E-state index is 12.6. The minimum Gasteiger partial charge on any atom is -0.341 e. The molecule has 1 aliphatic rings. The normalized spacial score (nSPS) is 16.1. The number of hydrogen-bond donors (Lipinski definition) is 2. The van der Waals surface area contributed by atoms with E-state index in [0.717, 1.165) is 72.8 Å². The van der Waals surface area contributed by atoms with Gasteiger partial charge in [0.25, 0.3) is 0 Å². The van der Waals surface area contributed by atoms with E-state index in [9.17, 15) is 4.79 Å². The first-order valence-electron chi connectivity index (χ1n) is 10.3. The van der Waals surface area contributed by atoms with Crippen molar-refractivity contribution in [1.29, 1.82) is 0 Å². The van der Waals surface area contributed by atoms with Crippen LogP contribution >= 0.6 is 0 Å². The van der Waals surface area contributed by atoms with Crippen LogP contribution in [0.2, 0.25) is 0 Å². The Bertz CT molecular complexity index is 943. The summed E-state index contributed by atoms with van der Waals surface area (Å²) in [6.07, 6.45) is 1.05. The zero-order chi connectivity index (χ0) is 20.2. The van der Waals surface area contributed by atoms with Gasteiger partial charge in [0.2, 0.25) is 5.91 Å². The van der Waals surface area contributed by atoms with Crippen molar-refractivity contribution in [2.24, 2.45) is 0 Å². The van der Waals surface area contributed by atoms with Crippen molar-refractivity contribution in [3.05, 3.63) is 59.4 Å². The van der Waals surface area contributed by atoms with Crippen molar-refractivity contribution in [1.82, 2.24) is 19.8 Å². The fraction of sp³-hybridized carbons (Fsp3) is 0.391. The molecule has 1 fully saturated rings. The molecule has 1 aliphatic heterocycles. The zero-order valence-corrected chi connectivity index (χ0v) is 17.2. The lowest BCUT2D eigenvalue weighted by atomic mass is 10.1. The maximum Gasteiger partial charge on any atom is 0.238 e. The predicted molar refractivity (Wildman–Crippen MR) is 117 cm³/mol. The number of imidazole rings is 1. The Balaban J connectivity index is 1.31. The number of rotatable bonds is 5. The van der Waals surface area contributed by atoms with Crippen LogP contribution in [-0.4, -0.2) is 58.4 Å². The van der Waals surface area contributed by atoms with Gasteiger partial charge in [-0.05, 0) is 56.6 Å². The van der Waals surface area contributed by atoms with Gasteiger partial charge in [0.1, 0.15) is 5.82 Å². The Morgan fingerprint density at radius 1 is 1.00 bits per heavy atom. The number of para-hydroxylation sites is 3. The Kier molecular flexibility index (Phi) is 5.92. The van der Waals surface area contributed by atoms with E-state index in [1.54, 1.807) is 0 Å². The van der Waals surface area contributed by atoms with Crippen LogP contribution in [0.15, 0.2) is 42.5 Å². The summed E-state index contributed by atoms with van der Waals surface area (Å²) in [5.74, 6) is 1.07. The molecule has 2 aromatic carbocycles. The SMILES string of the molecule is Cc1cccc(C)c1NC(=O)CN1CCCN(Cc2nc3ccccc3[nH]2)CC1. The second-order valence-electron chi connectivity index (χ2n) is 7.92. The number of carbonyl (C=O) groups is 1. The molecule has 0 radical (unpaired) electrons. The van der Waals surface area contributed by atoms with E-state index in [4.69, 9.17) is 4.98 Å². The van der Waals surface area contributed by atoms with Gasteiger partial charge >= 0.3 is 0 Å². The van der Waals surface area contributed by atoms with E-state index in [1.807, 2.05) is 50.2 Å². The molecular weight excluding hydrogens is 362 g/mol. The van der Waals surface area contributed by atoms with Gasteiger partial charge < -0.3 is 10.3 Å². The van der Waals surface area contributed by atoms with E-state index >= 15 is 0 Å². The summed E-state index contributed by atoms with van der Waals surface area (Å²) in [5, 5.41) is 3.10. The Labute approximate surface area is 171 Å². The van der Waals surface area contributed by atoms with Crippen LogP contribution in [0.3, 0.4) is 0 Å². The molecule has 0 aliphatic carbocycles. The van der Waals surface area contributed by atoms with Crippen LogP contribution in [0.4, 0.5) is 5.69 Å². The van der Waals surface area contributed by atoms with E-state index in [2.05, 4.69) is 26.2 Å². The van der Waals surface area contributed by atoms with Crippen molar-refractivity contribution < 1.29 is 4.79 Å². The lowest BCUT2D eigenvalue weighted by molar-refractivity contribution is -0.117. The van der Waals surface area contributed by atoms with Gasteiger partial charge in [0, 0.05) is 18.8 Å². The van der Waals surface area contributed by atoms with Gasteiger partial charge in [0.05, 0.1) is 24.1 Å². The highest BCUT2D eigenvalue weighted by Crippen LogP contribution is 2.19. The minimum absolute atomic E-state index is 0.0631. The Morgan fingerprint density at radius 2 is 1.72 bits per heavy atom. The molecular formula is C23H29N5O. The highest BCUT2D eigenvalue weighted by atomic mass is 16.2. The number of aromatic nitrogens is 2. The fourth-order valence-corrected chi connectivity index (χ4v) is 4.03. The van der Waals surface area contributed by atoms with E-state index in [0.29, 0.717) is 6.54 Å². The molecule has 0 saturated carbocycles. The van der Waals surface area contributed by atoms with Crippen molar-refractivity contribution in [3.8, 4) is 0 Å². The average Bonchev–Trinajstić information content (AvgIpc) is 2.98. The number of anilines is 1. The third kappa shape index (κ3) is 4.83. The standard InChI is InChI=1S/C23H29N5O/c1-17-7-5-8-18(2)23(17)26-22(29)16-28-12-6-11-27(13-14-28)15-21-24-19-9-3-4-10-20(19)25-21/h3-5,7-10H,6,11-16H2,1-2H3,(H,24,25)(H,26,29). The van der Waals surface area contributed by atoms with Crippen LogP contribution in [0.1, 0.15) is 23.4 Å². The summed E-state index contributed by atoms with van der Waals surface area (Å²) in [5.41, 5.74) is 5.25. The smallest absolute Gasteiger partial charge is 0.238 e. The minimum atomic E-state index is 0.0631. The first-order chi connectivity index (χ1) is 14.1. The van der Waals surface area contributed by atoms with Crippen molar-refractivity contribution in [2.75, 3.05) is 38.0 Å². The largest absolute Gasteiger partial charge is 0.341 e. The van der Waals surface area contributed by atoms with Crippen molar-refractivity contribution in [2.45, 2.75) is 26.8 Å². The number of carbonyl (C=O) groups excluding carboxylic acids is 1. The number of aromatic amines is 1. The number of nitrogens with zero attached hydrogens (tertiary/aromatic N) is 3. The molecule has 6 heteroatoms. The van der Waals surface area contributed by atoms with Gasteiger partial charge in [-0.2, -0.15) is 0 Å². The Hall–Kier alpha value is -2.70. The summed E-state index contributed by atoms with van der Waals surface area (Å²) < 4.78 is 0. The monoisotopic (exact) mass is 391 g/mol. The number of nitrogens with one attached hydrogen (secondary N) is 2. The molecule has 0 bridgehead atoms. The molecule has 2 heterocycles. The number of H-pyrrole nitrogens is 1. The zero-order valence-electron chi connectivity index (χ0n) is 17.2. The van der Waals surface area contributed by atoms with Gasteiger partial charge in [0.15, 0.2) is 0 Å². The molecule has 1 amide bonds. The maximum atomic E-state index is 12.6. The molecule has 0 spiro atoms. The highest BCUT2D eigenvalue weighted by Gasteiger charge is 2.18. The van der Waals surface area contributed by atoms with Crippen LogP contribution in [0.5, 0.6) is 0 Å². The lowest BCUT2D eigenvalue weighted by Gasteiger charge is -2.21. The molecule has 2 N–H and O–H groups in total. The average molecular weight is 392 g/mol. The number of benzene rings is 2. The van der Waals surface area contributed by atoms with Crippen molar-refractivity contribution in [3.63, 3.8) is 0 Å². The van der Waals surface area contributed by atoms with Crippen LogP contribution in [-0.2, 0) is 11.3 Å². The molecule has 29 heavy (non-hydrogen) atoms. The predicted octanol–water partition coefficient (Wildman–Crippen LogP) is 3.33. The number of fused-ring (bicyclic) bond motifs is 1. The van der Waals surface area contributed by atoms with Gasteiger partial charge in [-0.3, -0.25) is 14.6 Å². The third-order valence-electron chi connectivity index (χ3n) is 5.61. The molecule has 6 nitrogen and oxygen atoms in total. The summed E-state index contributed by atoms with van der Waals surface area (Å²) in [4.78, 5) is 25.4. The third-order valence-corrected chi connectivity index (χ3v) is 5.61. The topological polar surface area (TPSA) is 64.3 Å². The molecule has 0 atom stereocenters. The van der Waals surface area contributed by atoms with Crippen molar-refractivity contribution >= 4 is 22.6 Å². The van der Waals surface area contributed by atoms with Crippen LogP contribution < -0.4 is 5.32 Å². The molecule has 1 aromatic heterocycles. The van der Waals surface area contributed by atoms with E-state index in [1.165, 1.54) is 0 Å². The highest BCUT2D eigenvalue weighted by molar-refractivity contribution is 5.93. The second-order valence-corrected chi connectivity index (χ2v) is 7.92. The number of amides is 1. The van der Waals surface area contributed by atoms with Gasteiger partial charge in [-0.1, -0.05) is 30.3 Å². The molecule has 4 rings (SSSR count). The van der Waals surface area contributed by atoms with E-state index < -0.39 is 0 Å². The molecule has 152 valence electrons. The Morgan fingerprint density at radius 3 is 2.52 bits per heavy atom. The van der Waals surface area contributed by atoms with Gasteiger partial charge in [-0.15, -0.1) is 0 Å². The van der Waals surface area contributed by atoms with Gasteiger partial charge in [-0.25, -0.2) is 4.98 Å². The number of hydrogen-bond acceptors (Lipinski definition) is 4. The number of aryl methyl sites for hydroxylation is 2.